The minimum absolute atomic E-state index is 0.139. The van der Waals surface area contributed by atoms with Gasteiger partial charge in [-0.3, -0.25) is 9.59 Å². The molecule has 0 radical (unpaired) electrons. The highest BCUT2D eigenvalue weighted by molar-refractivity contribution is 5.98. The van der Waals surface area contributed by atoms with Crippen molar-refractivity contribution in [2.24, 2.45) is 11.8 Å². The number of amides is 1. The van der Waals surface area contributed by atoms with E-state index in [1.54, 1.807) is 0 Å². The fraction of sp³-hybridized carbons (Fsp3) is 0.333. The van der Waals surface area contributed by atoms with Gasteiger partial charge in [0.05, 0.1) is 17.5 Å². The lowest BCUT2D eigenvalue weighted by Crippen LogP contribution is -2.17. The smallest absolute Gasteiger partial charge is 0.307 e. The zero-order valence-corrected chi connectivity index (χ0v) is 9.54. The van der Waals surface area contributed by atoms with E-state index in [9.17, 15) is 18.4 Å². The number of aliphatic carboxylic acids is 1. The van der Waals surface area contributed by atoms with Gasteiger partial charge in [-0.15, -0.1) is 0 Å². The summed E-state index contributed by atoms with van der Waals surface area (Å²) >= 11 is 0. The highest BCUT2D eigenvalue weighted by Gasteiger charge is 2.48. The van der Waals surface area contributed by atoms with Crippen molar-refractivity contribution in [3.05, 3.63) is 29.3 Å². The molecule has 4 nitrogen and oxygen atoms in total. The van der Waals surface area contributed by atoms with Gasteiger partial charge in [-0.25, -0.2) is 8.78 Å². The highest BCUT2D eigenvalue weighted by Crippen LogP contribution is 2.39. The summed E-state index contributed by atoms with van der Waals surface area (Å²) in [5.74, 6) is -4.39. The number of carboxylic acid groups (broad SMARTS) is 1. The highest BCUT2D eigenvalue weighted by atomic mass is 19.1. The van der Waals surface area contributed by atoms with Crippen LogP contribution in [0.5, 0.6) is 0 Å². The van der Waals surface area contributed by atoms with Crippen LogP contribution in [-0.2, 0) is 9.59 Å². The SMILES string of the molecule is Cc1cc(F)c(NC(=O)[C@@H]2C[C@@H]2C(=O)O)cc1F. The summed E-state index contributed by atoms with van der Waals surface area (Å²) in [6.07, 6.45) is 0.233. The Morgan fingerprint density at radius 2 is 1.94 bits per heavy atom. The summed E-state index contributed by atoms with van der Waals surface area (Å²) in [7, 11) is 0. The van der Waals surface area contributed by atoms with Crippen LogP contribution in [0.25, 0.3) is 0 Å². The average Bonchev–Trinajstić information content (AvgIpc) is 3.05. The van der Waals surface area contributed by atoms with E-state index in [-0.39, 0.29) is 17.7 Å². The molecule has 18 heavy (non-hydrogen) atoms. The molecule has 0 aromatic heterocycles. The van der Waals surface area contributed by atoms with Gasteiger partial charge in [-0.1, -0.05) is 0 Å². The number of carbonyl (C=O) groups is 2. The van der Waals surface area contributed by atoms with Gasteiger partial charge >= 0.3 is 5.97 Å². The second-order valence-electron chi connectivity index (χ2n) is 4.36. The number of nitrogens with one attached hydrogen (secondary N) is 1. The Morgan fingerprint density at radius 3 is 2.50 bits per heavy atom. The van der Waals surface area contributed by atoms with Crippen molar-refractivity contribution < 1.29 is 23.5 Å². The van der Waals surface area contributed by atoms with Gasteiger partial charge in [0.25, 0.3) is 0 Å². The van der Waals surface area contributed by atoms with Crippen LogP contribution in [0.2, 0.25) is 0 Å². The van der Waals surface area contributed by atoms with Crippen LogP contribution in [-0.4, -0.2) is 17.0 Å². The van der Waals surface area contributed by atoms with Gasteiger partial charge in [0.2, 0.25) is 5.91 Å². The van der Waals surface area contributed by atoms with Gasteiger partial charge in [0.1, 0.15) is 11.6 Å². The maximum atomic E-state index is 13.4. The van der Waals surface area contributed by atoms with Crippen molar-refractivity contribution in [2.75, 3.05) is 5.32 Å². The second kappa shape index (κ2) is 4.36. The predicted octanol–water partition coefficient (Wildman–Crippen LogP) is 1.93. The van der Waals surface area contributed by atoms with Crippen molar-refractivity contribution >= 4 is 17.6 Å². The molecule has 0 heterocycles. The van der Waals surface area contributed by atoms with Crippen molar-refractivity contribution in [3.63, 3.8) is 0 Å². The van der Waals surface area contributed by atoms with E-state index in [0.29, 0.717) is 0 Å². The molecule has 0 spiro atoms. The first kappa shape index (κ1) is 12.5. The number of hydrogen-bond donors (Lipinski definition) is 2. The Balaban J connectivity index is 2.09. The van der Waals surface area contributed by atoms with E-state index in [1.165, 1.54) is 6.92 Å². The maximum Gasteiger partial charge on any atom is 0.307 e. The molecule has 1 fully saturated rings. The third kappa shape index (κ3) is 2.32. The Bertz CT molecular complexity index is 530. The number of carbonyl (C=O) groups excluding carboxylic acids is 1. The minimum atomic E-state index is -1.05. The van der Waals surface area contributed by atoms with Gasteiger partial charge in [0.15, 0.2) is 0 Å². The van der Waals surface area contributed by atoms with E-state index in [2.05, 4.69) is 5.32 Å². The van der Waals surface area contributed by atoms with Crippen LogP contribution in [0, 0.1) is 30.4 Å². The molecule has 0 saturated heterocycles. The molecule has 1 saturated carbocycles. The molecule has 1 aromatic rings. The maximum absolute atomic E-state index is 13.4. The zero-order valence-electron chi connectivity index (χ0n) is 9.54. The molecular weight excluding hydrogens is 244 g/mol. The van der Waals surface area contributed by atoms with Gasteiger partial charge in [-0.2, -0.15) is 0 Å². The number of halogens is 2. The van der Waals surface area contributed by atoms with Gasteiger partial charge in [0, 0.05) is 6.07 Å². The largest absolute Gasteiger partial charge is 0.481 e. The van der Waals surface area contributed by atoms with E-state index >= 15 is 0 Å². The van der Waals surface area contributed by atoms with E-state index in [1.807, 2.05) is 0 Å². The summed E-state index contributed by atoms with van der Waals surface area (Å²) in [5, 5.41) is 10.9. The van der Waals surface area contributed by atoms with E-state index < -0.39 is 35.3 Å². The van der Waals surface area contributed by atoms with Crippen molar-refractivity contribution in [2.45, 2.75) is 13.3 Å². The molecule has 2 rings (SSSR count). The average molecular weight is 255 g/mol. The number of rotatable bonds is 3. The molecule has 6 heteroatoms. The van der Waals surface area contributed by atoms with Crippen LogP contribution in [0.4, 0.5) is 14.5 Å². The Kier molecular flexibility index (Phi) is 3.02. The number of benzene rings is 1. The fourth-order valence-electron chi connectivity index (χ4n) is 1.73. The molecule has 2 atom stereocenters. The van der Waals surface area contributed by atoms with Crippen LogP contribution < -0.4 is 5.32 Å². The molecule has 0 bridgehead atoms. The van der Waals surface area contributed by atoms with Crippen LogP contribution in [0.1, 0.15) is 12.0 Å². The number of anilines is 1. The lowest BCUT2D eigenvalue weighted by Gasteiger charge is -2.07. The van der Waals surface area contributed by atoms with Crippen molar-refractivity contribution in [3.8, 4) is 0 Å². The van der Waals surface area contributed by atoms with Crippen molar-refractivity contribution in [1.29, 1.82) is 0 Å². The molecular formula is C12H11F2NO3. The van der Waals surface area contributed by atoms with E-state index in [0.717, 1.165) is 12.1 Å². The predicted molar refractivity (Wildman–Crippen MR) is 59.0 cm³/mol. The van der Waals surface area contributed by atoms with Crippen LogP contribution in [0.15, 0.2) is 12.1 Å². The first-order chi connectivity index (χ1) is 8.40. The minimum Gasteiger partial charge on any atom is -0.481 e. The topological polar surface area (TPSA) is 66.4 Å². The first-order valence-corrected chi connectivity index (χ1v) is 5.39. The van der Waals surface area contributed by atoms with E-state index in [4.69, 9.17) is 5.11 Å². The third-order valence-corrected chi connectivity index (χ3v) is 2.95. The lowest BCUT2D eigenvalue weighted by molar-refractivity contribution is -0.139. The van der Waals surface area contributed by atoms with Crippen LogP contribution in [0.3, 0.4) is 0 Å². The fourth-order valence-corrected chi connectivity index (χ4v) is 1.73. The quantitative estimate of drug-likeness (QED) is 0.867. The number of aryl methyl sites for hydroxylation is 1. The monoisotopic (exact) mass is 255 g/mol. The molecule has 2 N–H and O–H groups in total. The van der Waals surface area contributed by atoms with Gasteiger partial charge < -0.3 is 10.4 Å². The Morgan fingerprint density at radius 1 is 1.28 bits per heavy atom. The summed E-state index contributed by atoms with van der Waals surface area (Å²) in [6.45, 7) is 1.41. The molecule has 0 aliphatic heterocycles. The van der Waals surface area contributed by atoms with Crippen molar-refractivity contribution in [1.82, 2.24) is 0 Å². The second-order valence-corrected chi connectivity index (χ2v) is 4.36. The molecule has 96 valence electrons. The van der Waals surface area contributed by atoms with Crippen LogP contribution >= 0.6 is 0 Å². The first-order valence-electron chi connectivity index (χ1n) is 5.39. The molecule has 0 unspecified atom stereocenters. The Hall–Kier alpha value is -1.98. The third-order valence-electron chi connectivity index (χ3n) is 2.95. The molecule has 1 aromatic carbocycles. The number of carboxylic acids is 1. The zero-order chi connectivity index (χ0) is 13.4. The molecule has 1 aliphatic carbocycles. The normalized spacial score (nSPS) is 21.5. The lowest BCUT2D eigenvalue weighted by atomic mass is 10.2. The molecule has 1 amide bonds. The summed E-state index contributed by atoms with van der Waals surface area (Å²) in [5.41, 5.74) is -0.125. The standard InChI is InChI=1S/C12H11F2NO3/c1-5-2-9(14)10(4-8(5)13)15-11(16)6-3-7(6)12(17)18/h2,4,6-7H,3H2,1H3,(H,15,16)(H,17,18)/t6-,7+/m1/s1. The number of hydrogen-bond acceptors (Lipinski definition) is 2. The summed E-state index contributed by atoms with van der Waals surface area (Å²) in [6, 6.07) is 1.87. The van der Waals surface area contributed by atoms with Gasteiger partial charge in [-0.05, 0) is 25.0 Å². The summed E-state index contributed by atoms with van der Waals surface area (Å²) in [4.78, 5) is 22.2. The Labute approximate surface area is 102 Å². The summed E-state index contributed by atoms with van der Waals surface area (Å²) < 4.78 is 26.7. The molecule has 1 aliphatic rings.